The van der Waals surface area contributed by atoms with E-state index < -0.39 is 0 Å². The van der Waals surface area contributed by atoms with Crippen LogP contribution in [0.2, 0.25) is 0 Å². The molecule has 5 nitrogen and oxygen atoms in total. The first-order valence-corrected chi connectivity index (χ1v) is 13.2. The number of oxazole rings is 1. The first-order valence-electron chi connectivity index (χ1n) is 13.2. The van der Waals surface area contributed by atoms with E-state index in [0.29, 0.717) is 5.89 Å². The van der Waals surface area contributed by atoms with Crippen LogP contribution in [0.4, 0.5) is 0 Å². The molecule has 0 unspecified atom stereocenters. The molecule has 4 heterocycles. The number of benzene rings is 4. The maximum Gasteiger partial charge on any atom is 0.227 e. The van der Waals surface area contributed by atoms with Gasteiger partial charge in [0.2, 0.25) is 5.89 Å². The highest BCUT2D eigenvalue weighted by molar-refractivity contribution is 6.10. The van der Waals surface area contributed by atoms with E-state index in [2.05, 4.69) is 81.3 Å². The number of pyridine rings is 2. The van der Waals surface area contributed by atoms with Crippen molar-refractivity contribution in [2.24, 2.45) is 0 Å². The van der Waals surface area contributed by atoms with Gasteiger partial charge in [-0.2, -0.15) is 0 Å². The molecule has 0 radical (unpaired) electrons. The van der Waals surface area contributed by atoms with Crippen molar-refractivity contribution in [2.75, 3.05) is 0 Å². The van der Waals surface area contributed by atoms with Crippen LogP contribution in [0.5, 0.6) is 0 Å². The summed E-state index contributed by atoms with van der Waals surface area (Å²) in [4.78, 5) is 14.0. The van der Waals surface area contributed by atoms with Crippen LogP contribution in [0.1, 0.15) is 0 Å². The molecule has 5 heteroatoms. The third kappa shape index (κ3) is 3.60. The van der Waals surface area contributed by atoms with Crippen LogP contribution in [0, 0.1) is 0 Å². The summed E-state index contributed by atoms with van der Waals surface area (Å²) in [7, 11) is 0. The van der Waals surface area contributed by atoms with Gasteiger partial charge < -0.3 is 8.98 Å². The molecule has 0 aliphatic rings. The molecule has 0 spiro atoms. The zero-order chi connectivity index (χ0) is 26.5. The molecule has 0 amide bonds. The molecule has 4 aromatic carbocycles. The predicted octanol–water partition coefficient (Wildman–Crippen LogP) is 8.72. The average molecular weight is 515 g/mol. The van der Waals surface area contributed by atoms with Crippen molar-refractivity contribution in [1.29, 1.82) is 0 Å². The summed E-state index contributed by atoms with van der Waals surface area (Å²) in [5.74, 6) is 0.583. The van der Waals surface area contributed by atoms with E-state index in [9.17, 15) is 0 Å². The summed E-state index contributed by atoms with van der Waals surface area (Å²) in [5, 5.41) is 2.37. The summed E-state index contributed by atoms with van der Waals surface area (Å²) in [6.45, 7) is 0. The monoisotopic (exact) mass is 514 g/mol. The maximum absolute atomic E-state index is 6.31. The number of fused-ring (bicyclic) bond motifs is 4. The Balaban J connectivity index is 1.33. The van der Waals surface area contributed by atoms with Gasteiger partial charge in [0, 0.05) is 45.5 Å². The first kappa shape index (κ1) is 22.4. The van der Waals surface area contributed by atoms with Crippen molar-refractivity contribution >= 4 is 32.9 Å². The lowest BCUT2D eigenvalue weighted by atomic mass is 10.1. The van der Waals surface area contributed by atoms with Gasteiger partial charge in [0.25, 0.3) is 0 Å². The van der Waals surface area contributed by atoms with Crippen molar-refractivity contribution in [3.05, 3.63) is 134 Å². The number of hydrogen-bond acceptors (Lipinski definition) is 4. The summed E-state index contributed by atoms with van der Waals surface area (Å²) in [6, 6.07) is 41.3. The molecular weight excluding hydrogens is 492 g/mol. The lowest BCUT2D eigenvalue weighted by Crippen LogP contribution is -1.95. The van der Waals surface area contributed by atoms with E-state index in [-0.39, 0.29) is 0 Å². The quantitative estimate of drug-likeness (QED) is 0.236. The minimum atomic E-state index is 0.583. The van der Waals surface area contributed by atoms with Crippen LogP contribution < -0.4 is 0 Å². The third-order valence-electron chi connectivity index (χ3n) is 7.35. The highest BCUT2D eigenvalue weighted by Gasteiger charge is 2.17. The number of para-hydroxylation sites is 2. The molecule has 0 saturated carbocycles. The second-order valence-corrected chi connectivity index (χ2v) is 9.74. The molecule has 40 heavy (non-hydrogen) atoms. The molecule has 0 atom stereocenters. The van der Waals surface area contributed by atoms with Crippen molar-refractivity contribution in [3.8, 4) is 39.7 Å². The number of rotatable bonds is 4. The SMILES string of the molecule is c1ccc(-c2cccc(-n3c4ccccc4c4ccc(-c5nc6c(-c7ccccn7)cccc6o5)cc43)c2)nc1. The van der Waals surface area contributed by atoms with E-state index >= 15 is 0 Å². The highest BCUT2D eigenvalue weighted by atomic mass is 16.3. The molecule has 0 N–H and O–H groups in total. The van der Waals surface area contributed by atoms with Crippen molar-refractivity contribution in [2.45, 2.75) is 0 Å². The van der Waals surface area contributed by atoms with Gasteiger partial charge >= 0.3 is 0 Å². The summed E-state index contributed by atoms with van der Waals surface area (Å²) >= 11 is 0. The fraction of sp³-hybridized carbons (Fsp3) is 0. The zero-order valence-corrected chi connectivity index (χ0v) is 21.4. The normalized spacial score (nSPS) is 11.5. The molecule has 0 aliphatic carbocycles. The number of nitrogens with zero attached hydrogens (tertiary/aromatic N) is 4. The van der Waals surface area contributed by atoms with E-state index in [0.717, 1.165) is 55.9 Å². The van der Waals surface area contributed by atoms with Crippen molar-refractivity contribution in [3.63, 3.8) is 0 Å². The summed E-state index contributed by atoms with van der Waals surface area (Å²) in [6.07, 6.45) is 3.62. The zero-order valence-electron chi connectivity index (χ0n) is 21.4. The molecule has 188 valence electrons. The second-order valence-electron chi connectivity index (χ2n) is 9.74. The van der Waals surface area contributed by atoms with Gasteiger partial charge in [-0.25, -0.2) is 4.98 Å². The molecule has 4 aromatic heterocycles. The fourth-order valence-corrected chi connectivity index (χ4v) is 5.52. The lowest BCUT2D eigenvalue weighted by molar-refractivity contribution is 0.620. The Morgan fingerprint density at radius 2 is 1.32 bits per heavy atom. The Kier molecular flexibility index (Phi) is 5.07. The van der Waals surface area contributed by atoms with Gasteiger partial charge in [-0.3, -0.25) is 9.97 Å². The van der Waals surface area contributed by atoms with Crippen LogP contribution in [0.25, 0.3) is 72.6 Å². The third-order valence-corrected chi connectivity index (χ3v) is 7.35. The number of aromatic nitrogens is 4. The van der Waals surface area contributed by atoms with Crippen molar-refractivity contribution < 1.29 is 4.42 Å². The van der Waals surface area contributed by atoms with Gasteiger partial charge in [-0.1, -0.05) is 60.7 Å². The van der Waals surface area contributed by atoms with E-state index in [1.807, 2.05) is 60.8 Å². The summed E-state index contributed by atoms with van der Waals surface area (Å²) in [5.41, 5.74) is 9.60. The predicted molar refractivity (Wildman–Crippen MR) is 160 cm³/mol. The Bertz CT molecular complexity index is 2160. The van der Waals surface area contributed by atoms with Gasteiger partial charge in [0.15, 0.2) is 5.58 Å². The van der Waals surface area contributed by atoms with E-state index in [1.165, 1.54) is 10.8 Å². The smallest absolute Gasteiger partial charge is 0.227 e. The second kappa shape index (κ2) is 9.03. The Morgan fingerprint density at radius 1 is 0.550 bits per heavy atom. The topological polar surface area (TPSA) is 56.7 Å². The molecular formula is C35H22N4O. The molecule has 0 saturated heterocycles. The Labute approximate surface area is 230 Å². The van der Waals surface area contributed by atoms with Crippen LogP contribution in [-0.4, -0.2) is 19.5 Å². The minimum Gasteiger partial charge on any atom is -0.436 e. The van der Waals surface area contributed by atoms with Crippen molar-refractivity contribution in [1.82, 2.24) is 19.5 Å². The molecule has 0 bridgehead atoms. The van der Waals surface area contributed by atoms with Gasteiger partial charge in [0.1, 0.15) is 5.52 Å². The standard InChI is InChI=1S/C35H22N4O/c1-2-15-31-26(11-1)27-18-17-24(35-38-34-28(12-8-16-33(34)40-35)30-14-4-6-20-37-30)22-32(27)39(31)25-10-7-9-23(21-25)29-13-3-5-19-36-29/h1-22H. The van der Waals surface area contributed by atoms with Crippen LogP contribution in [0.15, 0.2) is 138 Å². The largest absolute Gasteiger partial charge is 0.436 e. The van der Waals surface area contributed by atoms with Gasteiger partial charge in [-0.15, -0.1) is 0 Å². The van der Waals surface area contributed by atoms with Crippen LogP contribution >= 0.6 is 0 Å². The van der Waals surface area contributed by atoms with Crippen LogP contribution in [-0.2, 0) is 0 Å². The van der Waals surface area contributed by atoms with E-state index in [1.54, 1.807) is 6.20 Å². The summed E-state index contributed by atoms with van der Waals surface area (Å²) < 4.78 is 8.61. The molecule has 8 aromatic rings. The Morgan fingerprint density at radius 3 is 2.17 bits per heavy atom. The molecule has 0 aliphatic heterocycles. The fourth-order valence-electron chi connectivity index (χ4n) is 5.52. The maximum atomic E-state index is 6.31. The van der Waals surface area contributed by atoms with E-state index in [4.69, 9.17) is 9.40 Å². The van der Waals surface area contributed by atoms with Gasteiger partial charge in [0.05, 0.1) is 22.4 Å². The number of hydrogen-bond donors (Lipinski definition) is 0. The van der Waals surface area contributed by atoms with Gasteiger partial charge in [-0.05, 0) is 60.7 Å². The highest BCUT2D eigenvalue weighted by Crippen LogP contribution is 2.37. The Hall–Kier alpha value is -5.55. The molecule has 8 rings (SSSR count). The lowest BCUT2D eigenvalue weighted by Gasteiger charge is -2.10. The average Bonchev–Trinajstić information content (AvgIpc) is 3.61. The first-order chi connectivity index (χ1) is 19.8. The molecule has 0 fully saturated rings. The minimum absolute atomic E-state index is 0.583. The van der Waals surface area contributed by atoms with Crippen LogP contribution in [0.3, 0.4) is 0 Å².